The van der Waals surface area contributed by atoms with Crippen LogP contribution < -0.4 is 31.3 Å². The molecular formula is C74H83N12O22S+. The first-order valence-electron chi connectivity index (χ1n) is 35.4. The Morgan fingerprint density at radius 2 is 1.59 bits per heavy atom. The number of phenolic OH excluding ortho intramolecular Hbond substituents is 2. The van der Waals surface area contributed by atoms with Gasteiger partial charge in [-0.1, -0.05) is 35.5 Å². The lowest BCUT2D eigenvalue weighted by Gasteiger charge is -2.42. The summed E-state index contributed by atoms with van der Waals surface area (Å²) in [6.07, 6.45) is -2.60. The zero-order valence-corrected chi connectivity index (χ0v) is 60.6. The summed E-state index contributed by atoms with van der Waals surface area (Å²) in [4.78, 5) is 141. The maximum Gasteiger partial charge on any atom is 0.295 e. The Labute approximate surface area is 626 Å². The first-order valence-corrected chi connectivity index (χ1v) is 36.4. The summed E-state index contributed by atoms with van der Waals surface area (Å²) in [6, 6.07) is 19.4. The van der Waals surface area contributed by atoms with E-state index in [1.54, 1.807) is 66.6 Å². The predicted molar refractivity (Wildman–Crippen MR) is 384 cm³/mol. The topological polar surface area (TPSA) is 473 Å². The second-order valence-electron chi connectivity index (χ2n) is 26.7. The molecule has 7 aromatic rings. The van der Waals surface area contributed by atoms with E-state index >= 15 is 0 Å². The molecule has 4 aromatic carbocycles. The van der Waals surface area contributed by atoms with E-state index in [9.17, 15) is 73.5 Å². The summed E-state index contributed by atoms with van der Waals surface area (Å²) in [5.41, 5.74) is 4.16. The van der Waals surface area contributed by atoms with Gasteiger partial charge in [0, 0.05) is 111 Å². The maximum atomic E-state index is 14.2. The number of H-pyrrole nitrogens is 1. The number of carbonyl (C=O) groups is 10. The van der Waals surface area contributed by atoms with E-state index in [2.05, 4.69) is 42.2 Å². The highest BCUT2D eigenvalue weighted by molar-refractivity contribution is 8.00. The number of Topliss-reactive ketones (excluding diaryl/α,β-unsaturated/α-hetero) is 1. The van der Waals surface area contributed by atoms with E-state index in [0.29, 0.717) is 45.0 Å². The molecule has 3 aromatic heterocycles. The molecule has 109 heavy (non-hydrogen) atoms. The number of aromatic amines is 1. The minimum absolute atomic E-state index is 0.000356. The van der Waals surface area contributed by atoms with Gasteiger partial charge in [-0.05, 0) is 55.8 Å². The molecule has 6 heterocycles. The number of hydrogen-bond donors (Lipinski definition) is 10. The maximum absolute atomic E-state index is 14.2. The molecule has 35 heteroatoms. The number of aromatic hydroxyl groups is 2. The second kappa shape index (κ2) is 34.2. The number of amides is 7. The van der Waals surface area contributed by atoms with E-state index in [1.807, 2.05) is 6.07 Å². The van der Waals surface area contributed by atoms with Crippen molar-refractivity contribution in [2.75, 3.05) is 85.7 Å². The summed E-state index contributed by atoms with van der Waals surface area (Å²) in [7, 11) is 2.77. The van der Waals surface area contributed by atoms with E-state index < -0.39 is 136 Å². The quantitative estimate of drug-likeness (QED) is 0.00558. The van der Waals surface area contributed by atoms with Crippen LogP contribution >= 0.6 is 11.8 Å². The standard InChI is InChI=1S/C74H82N12O22S/c1-39-65(92)47(75)29-58(106-39)108-51-32-74(101,31-45-61(51)70(97)63-62(67(45)94)66(93)44-11-7-12-49(102-2)60(44)69(63)96)53(36-87)80-81-55(89)13-8-20-86-57(91)30-52(72(86)99)109-28-18-54(88)76-19-26-104-37-41-35-85(82-79-41)25-27-105-38-56(90)77-33-42-14-16-48(107-42)43-15-17-50(103-3)59-46(34-78-64(43)59)68(95)73(100)84-23-21-83(22-24-84)71(98)40-9-5-4-6-10-40/h4-7,9-12,14-17,34-35,39,47,51-52,58,65,78,87,92,94,97,101H,8,13,18-33,36-38,75H2,1-3H3,(H,76,88)(H,77,90)(H,81,89)/p+1/b80-53+/t39-,47-,51-,52?,58-,65+,74-/m0/s1. The Hall–Kier alpha value is -10.8. The molecule has 0 spiro atoms. The van der Waals surface area contributed by atoms with Crippen molar-refractivity contribution >= 4 is 87.1 Å². The molecule has 0 bridgehead atoms. The van der Waals surface area contributed by atoms with Gasteiger partial charge in [-0.3, -0.25) is 52.8 Å². The Morgan fingerprint density at radius 1 is 0.826 bits per heavy atom. The predicted octanol–water partition coefficient (Wildman–Crippen LogP) is 1.39. The van der Waals surface area contributed by atoms with Crippen molar-refractivity contribution in [1.82, 2.24) is 50.7 Å². The van der Waals surface area contributed by atoms with Crippen LogP contribution in [0.2, 0.25) is 0 Å². The zero-order chi connectivity index (χ0) is 77.4. The molecule has 7 atom stereocenters. The molecule has 12 rings (SSSR count). The van der Waals surface area contributed by atoms with Crippen LogP contribution in [0.4, 0.5) is 0 Å². The number of fused-ring (bicyclic) bond motifs is 4. The Bertz CT molecular complexity index is 4670. The number of aromatic nitrogens is 4. The number of nitrogens with zero attached hydrogens (tertiary/aromatic N) is 7. The number of ether oxygens (including phenoxy) is 6. The average Bonchev–Trinajstić information content (AvgIpc) is 1.60. The first-order chi connectivity index (χ1) is 52.5. The number of rotatable bonds is 31. The van der Waals surface area contributed by atoms with Crippen LogP contribution in [-0.4, -0.2) is 246 Å². The number of quaternary nitrogens is 1. The number of benzene rings is 4. The van der Waals surface area contributed by atoms with Crippen LogP contribution in [0.3, 0.4) is 0 Å². The van der Waals surface area contributed by atoms with Crippen LogP contribution in [0.15, 0.2) is 94.7 Å². The van der Waals surface area contributed by atoms with Gasteiger partial charge in [0.25, 0.3) is 17.6 Å². The molecule has 12 N–H and O–H groups in total. The number of piperazine rings is 1. The first kappa shape index (κ1) is 77.8. The number of furan rings is 1. The third kappa shape index (κ3) is 16.9. The average molecular weight is 1520 g/mol. The van der Waals surface area contributed by atoms with Crippen molar-refractivity contribution in [1.29, 1.82) is 0 Å². The number of imide groups is 1. The van der Waals surface area contributed by atoms with E-state index in [1.165, 1.54) is 48.2 Å². The minimum Gasteiger partial charge on any atom is -0.507 e. The number of carbonyl (C=O) groups excluding carboxylic acids is 10. The van der Waals surface area contributed by atoms with Gasteiger partial charge in [0.2, 0.25) is 35.3 Å². The Morgan fingerprint density at radius 3 is 2.34 bits per heavy atom. The Kier molecular flexibility index (Phi) is 24.4. The van der Waals surface area contributed by atoms with E-state index in [0.717, 1.165) is 16.7 Å². The van der Waals surface area contributed by atoms with Gasteiger partial charge in [-0.2, -0.15) is 5.10 Å². The fourth-order valence-electron chi connectivity index (χ4n) is 14.0. The third-order valence-corrected chi connectivity index (χ3v) is 20.9. The second-order valence-corrected chi connectivity index (χ2v) is 28.1. The molecule has 34 nitrogen and oxygen atoms in total. The van der Waals surface area contributed by atoms with Crippen molar-refractivity contribution < 1.29 is 112 Å². The molecule has 3 fully saturated rings. The highest BCUT2D eigenvalue weighted by Crippen LogP contribution is 2.53. The molecule has 5 aliphatic rings. The van der Waals surface area contributed by atoms with Gasteiger partial charge in [0.05, 0.1) is 123 Å². The molecule has 0 radical (unpaired) electrons. The summed E-state index contributed by atoms with van der Waals surface area (Å²) in [5.74, 6) is -5.58. The normalized spacial score (nSPS) is 20.6. The van der Waals surface area contributed by atoms with E-state index in [4.69, 9.17) is 32.8 Å². The number of aliphatic hydroxyl groups excluding tert-OH is 2. The van der Waals surface area contributed by atoms with Gasteiger partial charge in [-0.15, -0.1) is 16.9 Å². The van der Waals surface area contributed by atoms with Crippen molar-refractivity contribution in [3.05, 3.63) is 141 Å². The smallest absolute Gasteiger partial charge is 0.295 e. The lowest BCUT2D eigenvalue weighted by atomic mass is 9.71. The number of thioether (sulfide) groups is 1. The van der Waals surface area contributed by atoms with Gasteiger partial charge in [0.1, 0.15) is 64.6 Å². The van der Waals surface area contributed by atoms with Gasteiger partial charge >= 0.3 is 0 Å². The highest BCUT2D eigenvalue weighted by atomic mass is 32.2. The number of hydrogen-bond acceptors (Lipinski definition) is 26. The summed E-state index contributed by atoms with van der Waals surface area (Å²) >= 11 is 1.15. The number of ketones is 3. The monoisotopic (exact) mass is 1520 g/mol. The van der Waals surface area contributed by atoms with Gasteiger partial charge < -0.3 is 89.5 Å². The van der Waals surface area contributed by atoms with Crippen molar-refractivity contribution in [2.45, 2.75) is 113 Å². The summed E-state index contributed by atoms with van der Waals surface area (Å²) in [5, 5.41) is 75.0. The number of hydrazone groups is 1. The lowest BCUT2D eigenvalue weighted by molar-refractivity contribution is -0.466. The van der Waals surface area contributed by atoms with Crippen molar-refractivity contribution in [3.63, 3.8) is 0 Å². The van der Waals surface area contributed by atoms with Crippen LogP contribution in [0.25, 0.3) is 22.2 Å². The number of phenols is 2. The van der Waals surface area contributed by atoms with Crippen molar-refractivity contribution in [2.24, 2.45) is 5.10 Å². The molecule has 2 aliphatic carbocycles. The molecular weight excluding hydrogens is 1440 g/mol. The molecule has 0 saturated carbocycles. The summed E-state index contributed by atoms with van der Waals surface area (Å²) in [6.45, 7) is 2.05. The number of methoxy groups -OCH3 is 2. The van der Waals surface area contributed by atoms with Crippen LogP contribution in [-0.2, 0) is 73.8 Å². The zero-order valence-electron chi connectivity index (χ0n) is 59.8. The van der Waals surface area contributed by atoms with Crippen LogP contribution in [0.1, 0.15) is 127 Å². The van der Waals surface area contributed by atoms with Crippen LogP contribution in [0.5, 0.6) is 23.0 Å². The summed E-state index contributed by atoms with van der Waals surface area (Å²) < 4.78 is 42.1. The molecule has 3 saturated heterocycles. The fraction of sp³-hybridized carbons (Fsp3) is 0.419. The SMILES string of the molecule is COc1cccc2c1C(=O)c1c(O)c3c(c(O)c1C2=O)C[C@@](O)(/C(CO)=N/NC(=O)CCCN1C(=O)CC(SCCC(=O)NCCOCc2cn(CCOCC(=O)NCc4ccc(-c5ccc(OC)c6c(C(=O)C(=O)N7CCN(C(=O)c8ccccc8)CC7)c[nH]c56)o4)nn2)C1=O)C[C@@H]3O[C@H]1C[C@H]([NH3+])[C@H](O)[C@H](C)O1. The highest BCUT2D eigenvalue weighted by Gasteiger charge is 2.50. The molecule has 7 amide bonds. The molecule has 576 valence electrons. The van der Waals surface area contributed by atoms with Gasteiger partial charge in [0.15, 0.2) is 12.1 Å². The minimum atomic E-state index is -2.26. The molecule has 3 aliphatic heterocycles. The van der Waals surface area contributed by atoms with Crippen molar-refractivity contribution in [3.8, 4) is 34.3 Å². The number of likely N-dealkylation sites (tertiary alicyclic amines) is 1. The third-order valence-electron chi connectivity index (χ3n) is 19.7. The molecule has 1 unspecified atom stereocenters. The Balaban J connectivity index is 0.529. The number of nitrogens with one attached hydrogen (secondary N) is 4. The number of aliphatic hydroxyl groups is 3. The lowest BCUT2D eigenvalue weighted by Crippen LogP contribution is -2.71. The van der Waals surface area contributed by atoms with E-state index in [-0.39, 0.29) is 162 Å². The van der Waals surface area contributed by atoms with Gasteiger partial charge in [-0.25, -0.2) is 10.1 Å². The largest absolute Gasteiger partial charge is 0.507 e. The van der Waals surface area contributed by atoms with Crippen LogP contribution in [0, 0.1) is 0 Å². The fourth-order valence-corrected chi connectivity index (χ4v) is 15.1.